The van der Waals surface area contributed by atoms with Crippen LogP contribution in [0.15, 0.2) is 79.0 Å². The van der Waals surface area contributed by atoms with Crippen molar-refractivity contribution in [2.24, 2.45) is 0 Å². The van der Waals surface area contributed by atoms with Crippen LogP contribution in [0.2, 0.25) is 0 Å². The Balaban J connectivity index is 1.56. The normalized spacial score (nSPS) is 11.4. The highest BCUT2D eigenvalue weighted by Crippen LogP contribution is 2.24. The number of aliphatic carboxylic acids is 1. The van der Waals surface area contributed by atoms with Crippen LogP contribution in [0.1, 0.15) is 27.2 Å². The molecule has 6 heteroatoms. The van der Waals surface area contributed by atoms with Crippen LogP contribution in [0.3, 0.4) is 0 Å². The maximum atomic E-state index is 12.2. The largest absolute Gasteiger partial charge is 0.478 e. The number of fused-ring (bicyclic) bond motifs is 1. The fourth-order valence-electron chi connectivity index (χ4n) is 3.19. The van der Waals surface area contributed by atoms with Gasteiger partial charge in [-0.1, -0.05) is 48.5 Å². The van der Waals surface area contributed by atoms with Gasteiger partial charge in [0, 0.05) is 22.7 Å². The first-order valence-electron chi connectivity index (χ1n) is 9.42. The summed E-state index contributed by atoms with van der Waals surface area (Å²) >= 11 is 0. The van der Waals surface area contributed by atoms with E-state index in [-0.39, 0.29) is 18.0 Å². The first kappa shape index (κ1) is 19.1. The molecular weight excluding hydrogens is 378 g/mol. The van der Waals surface area contributed by atoms with Crippen molar-refractivity contribution in [3.63, 3.8) is 0 Å². The number of aromatic amines is 1. The Morgan fingerprint density at radius 1 is 0.933 bits per heavy atom. The van der Waals surface area contributed by atoms with Crippen LogP contribution in [0, 0.1) is 0 Å². The Bertz CT molecular complexity index is 1230. The Labute approximate surface area is 172 Å². The molecule has 0 atom stereocenters. The number of carboxylic acid groups (broad SMARTS) is 1. The molecule has 3 N–H and O–H groups in total. The Morgan fingerprint density at radius 2 is 1.60 bits per heavy atom. The molecule has 0 aliphatic rings. The minimum Gasteiger partial charge on any atom is -0.478 e. The molecule has 30 heavy (non-hydrogen) atoms. The highest BCUT2D eigenvalue weighted by molar-refractivity contribution is 6.21. The van der Waals surface area contributed by atoms with Crippen molar-refractivity contribution in [1.29, 1.82) is 0 Å². The molecule has 0 radical (unpaired) electrons. The summed E-state index contributed by atoms with van der Waals surface area (Å²) < 4.78 is 0. The van der Waals surface area contributed by atoms with Crippen LogP contribution in [0.25, 0.3) is 22.7 Å². The number of hydrogen-bond acceptors (Lipinski definition) is 3. The van der Waals surface area contributed by atoms with Gasteiger partial charge in [-0.05, 0) is 35.9 Å². The van der Waals surface area contributed by atoms with Crippen LogP contribution in [-0.4, -0.2) is 27.0 Å². The Morgan fingerprint density at radius 3 is 2.27 bits per heavy atom. The van der Waals surface area contributed by atoms with E-state index in [4.69, 9.17) is 0 Å². The van der Waals surface area contributed by atoms with Crippen molar-refractivity contribution in [3.8, 4) is 0 Å². The minimum atomic E-state index is -0.997. The summed E-state index contributed by atoms with van der Waals surface area (Å²) in [6, 6.07) is 21.7. The van der Waals surface area contributed by atoms with Crippen LogP contribution >= 0.6 is 0 Å². The van der Waals surface area contributed by atoms with E-state index >= 15 is 0 Å². The molecule has 0 aliphatic carbocycles. The molecule has 4 rings (SSSR count). The molecule has 2 heterocycles. The molecule has 0 unspecified atom stereocenters. The van der Waals surface area contributed by atoms with Crippen LogP contribution in [0.4, 0.5) is 0 Å². The topological polar surface area (TPSA) is 95.1 Å². The van der Waals surface area contributed by atoms with E-state index in [0.29, 0.717) is 22.5 Å². The second-order valence-corrected chi connectivity index (χ2v) is 6.72. The molecule has 1 amide bonds. The monoisotopic (exact) mass is 397 g/mol. The van der Waals surface area contributed by atoms with Crippen LogP contribution in [0.5, 0.6) is 0 Å². The molecular formula is C24H19N3O3. The number of carbonyl (C=O) groups is 2. The summed E-state index contributed by atoms with van der Waals surface area (Å²) in [4.78, 5) is 31.6. The van der Waals surface area contributed by atoms with Crippen LogP contribution in [-0.2, 0) is 11.3 Å². The number of H-pyrrole nitrogens is 1. The van der Waals surface area contributed by atoms with E-state index < -0.39 is 5.97 Å². The highest BCUT2D eigenvalue weighted by Gasteiger charge is 2.13. The van der Waals surface area contributed by atoms with Crippen molar-refractivity contribution in [2.75, 3.05) is 0 Å². The SMILES string of the molecule is O=C(O)C(=Cc1c[nH]c2nc(CNC(=O)c3ccccc3)ccc12)c1ccccc1. The van der Waals surface area contributed by atoms with E-state index in [9.17, 15) is 14.7 Å². The second kappa shape index (κ2) is 8.45. The number of aromatic nitrogens is 2. The van der Waals surface area contributed by atoms with Gasteiger partial charge in [-0.3, -0.25) is 4.79 Å². The van der Waals surface area contributed by atoms with Crippen molar-refractivity contribution < 1.29 is 14.7 Å². The fraction of sp³-hybridized carbons (Fsp3) is 0.0417. The van der Waals surface area contributed by atoms with Gasteiger partial charge in [0.05, 0.1) is 17.8 Å². The van der Waals surface area contributed by atoms with Crippen molar-refractivity contribution >= 4 is 34.6 Å². The molecule has 0 bridgehead atoms. The molecule has 0 aliphatic heterocycles. The zero-order chi connectivity index (χ0) is 20.9. The maximum absolute atomic E-state index is 12.2. The molecule has 148 valence electrons. The highest BCUT2D eigenvalue weighted by atomic mass is 16.4. The lowest BCUT2D eigenvalue weighted by molar-refractivity contribution is -0.130. The summed E-state index contributed by atoms with van der Waals surface area (Å²) in [6.45, 7) is 0.290. The third-order valence-corrected chi connectivity index (χ3v) is 4.71. The van der Waals surface area contributed by atoms with Gasteiger partial charge < -0.3 is 15.4 Å². The summed E-state index contributed by atoms with van der Waals surface area (Å²) in [5.41, 5.74) is 3.49. The summed E-state index contributed by atoms with van der Waals surface area (Å²) in [5, 5.41) is 13.3. The zero-order valence-electron chi connectivity index (χ0n) is 16.0. The third-order valence-electron chi connectivity index (χ3n) is 4.71. The lowest BCUT2D eigenvalue weighted by Crippen LogP contribution is -2.23. The predicted molar refractivity (Wildman–Crippen MR) is 116 cm³/mol. The zero-order valence-corrected chi connectivity index (χ0v) is 16.0. The number of pyridine rings is 1. The smallest absolute Gasteiger partial charge is 0.336 e. The average molecular weight is 397 g/mol. The molecule has 2 aromatic carbocycles. The first-order chi connectivity index (χ1) is 14.6. The first-order valence-corrected chi connectivity index (χ1v) is 9.42. The Hall–Kier alpha value is -4.19. The number of amides is 1. The number of carboxylic acids is 1. The minimum absolute atomic E-state index is 0.165. The van der Waals surface area contributed by atoms with Crippen LogP contribution < -0.4 is 5.32 Å². The number of benzene rings is 2. The molecule has 6 nitrogen and oxygen atoms in total. The second-order valence-electron chi connectivity index (χ2n) is 6.72. The fourth-order valence-corrected chi connectivity index (χ4v) is 3.19. The molecule has 0 saturated heterocycles. The number of hydrogen-bond donors (Lipinski definition) is 3. The van der Waals surface area contributed by atoms with E-state index in [0.717, 1.165) is 10.9 Å². The average Bonchev–Trinajstić information content (AvgIpc) is 3.18. The number of rotatable bonds is 6. The van der Waals surface area contributed by atoms with Gasteiger partial charge in [-0.15, -0.1) is 0 Å². The van der Waals surface area contributed by atoms with E-state index in [1.54, 1.807) is 48.7 Å². The van der Waals surface area contributed by atoms with Crippen molar-refractivity contribution in [1.82, 2.24) is 15.3 Å². The lowest BCUT2D eigenvalue weighted by atomic mass is 10.0. The predicted octanol–water partition coefficient (Wildman–Crippen LogP) is 4.12. The summed E-state index contributed by atoms with van der Waals surface area (Å²) in [5.74, 6) is -1.16. The van der Waals surface area contributed by atoms with Gasteiger partial charge in [-0.25, -0.2) is 9.78 Å². The summed E-state index contributed by atoms with van der Waals surface area (Å²) in [7, 11) is 0. The number of nitrogens with one attached hydrogen (secondary N) is 2. The van der Waals surface area contributed by atoms with Gasteiger partial charge in [0.2, 0.25) is 0 Å². The Kier molecular flexibility index (Phi) is 5.39. The molecule has 0 saturated carbocycles. The molecule has 4 aromatic rings. The quantitative estimate of drug-likeness (QED) is 0.427. The van der Waals surface area contributed by atoms with Crippen molar-refractivity contribution in [3.05, 3.63) is 101 Å². The van der Waals surface area contributed by atoms with Gasteiger partial charge in [-0.2, -0.15) is 0 Å². The van der Waals surface area contributed by atoms with E-state index in [1.807, 2.05) is 36.4 Å². The van der Waals surface area contributed by atoms with Crippen molar-refractivity contribution in [2.45, 2.75) is 6.54 Å². The summed E-state index contributed by atoms with van der Waals surface area (Å²) in [6.07, 6.45) is 3.37. The van der Waals surface area contributed by atoms with E-state index in [1.165, 1.54) is 0 Å². The third kappa shape index (κ3) is 4.12. The van der Waals surface area contributed by atoms with E-state index in [2.05, 4.69) is 15.3 Å². The standard InChI is InChI=1S/C24H19N3O3/c28-23(17-9-5-2-6-10-17)26-15-19-11-12-20-18(14-25-22(20)27-19)13-21(24(29)30)16-7-3-1-4-8-16/h1-14H,15H2,(H,25,27)(H,26,28)(H,29,30). The number of carbonyl (C=O) groups excluding carboxylic acids is 1. The van der Waals surface area contributed by atoms with Gasteiger partial charge >= 0.3 is 5.97 Å². The molecule has 2 aromatic heterocycles. The van der Waals surface area contributed by atoms with Gasteiger partial charge in [0.25, 0.3) is 5.91 Å². The number of nitrogens with zero attached hydrogens (tertiary/aromatic N) is 1. The van der Waals surface area contributed by atoms with Gasteiger partial charge in [0.1, 0.15) is 5.65 Å². The molecule has 0 fully saturated rings. The maximum Gasteiger partial charge on any atom is 0.336 e. The lowest BCUT2D eigenvalue weighted by Gasteiger charge is -2.05. The van der Waals surface area contributed by atoms with Gasteiger partial charge in [0.15, 0.2) is 0 Å². The molecule has 0 spiro atoms.